The first-order valence-electron chi connectivity index (χ1n) is 8.65. The maximum absolute atomic E-state index is 12.8. The molecule has 0 atom stereocenters. The molecule has 0 unspecified atom stereocenters. The van der Waals surface area contributed by atoms with E-state index in [1.165, 1.54) is 31.8 Å². The third-order valence-corrected chi connectivity index (χ3v) is 5.89. The summed E-state index contributed by atoms with van der Waals surface area (Å²) in [4.78, 5) is 12.9. The van der Waals surface area contributed by atoms with Gasteiger partial charge in [-0.3, -0.25) is 0 Å². The second-order valence-electron chi connectivity index (χ2n) is 5.99. The summed E-state index contributed by atoms with van der Waals surface area (Å²) in [6.07, 6.45) is 3.03. The minimum atomic E-state index is -3.66. The Balaban J connectivity index is 2.14. The van der Waals surface area contributed by atoms with E-state index in [9.17, 15) is 13.2 Å². The summed E-state index contributed by atoms with van der Waals surface area (Å²) in [6, 6.07) is 13.1. The van der Waals surface area contributed by atoms with E-state index in [1.807, 2.05) is 0 Å². The third kappa shape index (κ3) is 3.94. The highest BCUT2D eigenvalue weighted by Crippen LogP contribution is 2.37. The molecule has 7 heteroatoms. The van der Waals surface area contributed by atoms with E-state index in [0.717, 1.165) is 0 Å². The minimum Gasteiger partial charge on any atom is -0.495 e. The number of rotatable bonds is 7. The summed E-state index contributed by atoms with van der Waals surface area (Å²) in [6.45, 7) is 1.84. The number of hydrogen-bond donors (Lipinski definition) is 0. The molecule has 0 aliphatic heterocycles. The summed E-state index contributed by atoms with van der Waals surface area (Å²) in [7, 11) is -2.23. The Morgan fingerprint density at radius 2 is 1.82 bits per heavy atom. The lowest BCUT2D eigenvalue weighted by molar-refractivity contribution is 0.0522. The Morgan fingerprint density at radius 1 is 1.07 bits per heavy atom. The standard InChI is InChI=1S/C21H20O6S/c1-3-27-21(22)19-16(14-28(23,24)17-7-5-4-6-8-17)9-10-18(20(19)25-2)15-11-12-26-13-15/h4-13H,3,14H2,1-2H3. The number of furan rings is 1. The quantitative estimate of drug-likeness (QED) is 0.555. The minimum absolute atomic E-state index is 0.0996. The number of methoxy groups -OCH3 is 1. The lowest BCUT2D eigenvalue weighted by atomic mass is 9.99. The first-order chi connectivity index (χ1) is 13.5. The molecule has 146 valence electrons. The molecule has 28 heavy (non-hydrogen) atoms. The van der Waals surface area contributed by atoms with Crippen molar-refractivity contribution in [3.05, 3.63) is 72.2 Å². The van der Waals surface area contributed by atoms with Crippen LogP contribution in [0.5, 0.6) is 5.75 Å². The molecule has 2 aromatic carbocycles. The second kappa shape index (κ2) is 8.31. The van der Waals surface area contributed by atoms with Gasteiger partial charge in [-0.2, -0.15) is 0 Å². The van der Waals surface area contributed by atoms with Gasteiger partial charge in [0.1, 0.15) is 11.3 Å². The molecule has 0 saturated carbocycles. The van der Waals surface area contributed by atoms with Crippen LogP contribution in [0, 0.1) is 0 Å². The molecule has 0 bridgehead atoms. The molecule has 0 amide bonds. The largest absolute Gasteiger partial charge is 0.495 e. The molecular formula is C21H20O6S. The van der Waals surface area contributed by atoms with E-state index in [1.54, 1.807) is 43.3 Å². The SMILES string of the molecule is CCOC(=O)c1c(CS(=O)(=O)c2ccccc2)ccc(-c2ccoc2)c1OC. The van der Waals surface area contributed by atoms with Crippen LogP contribution < -0.4 is 4.74 Å². The molecule has 6 nitrogen and oxygen atoms in total. The van der Waals surface area contributed by atoms with Gasteiger partial charge < -0.3 is 13.9 Å². The van der Waals surface area contributed by atoms with E-state index in [0.29, 0.717) is 16.7 Å². The van der Waals surface area contributed by atoms with Crippen LogP contribution in [-0.2, 0) is 20.3 Å². The van der Waals surface area contributed by atoms with Crippen LogP contribution in [-0.4, -0.2) is 28.1 Å². The Kier molecular flexibility index (Phi) is 5.84. The molecule has 0 aliphatic rings. The van der Waals surface area contributed by atoms with Crippen molar-refractivity contribution < 1.29 is 27.1 Å². The van der Waals surface area contributed by atoms with Gasteiger partial charge >= 0.3 is 5.97 Å². The predicted molar refractivity (Wildman–Crippen MR) is 104 cm³/mol. The highest BCUT2D eigenvalue weighted by atomic mass is 32.2. The Hall–Kier alpha value is -3.06. The van der Waals surface area contributed by atoms with E-state index in [4.69, 9.17) is 13.9 Å². The van der Waals surface area contributed by atoms with Crippen LogP contribution >= 0.6 is 0 Å². The molecule has 0 fully saturated rings. The predicted octanol–water partition coefficient (Wildman–Crippen LogP) is 4.11. The fourth-order valence-corrected chi connectivity index (χ4v) is 4.33. The number of esters is 1. The lowest BCUT2D eigenvalue weighted by Crippen LogP contribution is -2.14. The molecule has 1 heterocycles. The fraction of sp³-hybridized carbons (Fsp3) is 0.190. The number of carbonyl (C=O) groups excluding carboxylic acids is 1. The first-order valence-corrected chi connectivity index (χ1v) is 10.3. The molecule has 0 spiro atoms. The maximum Gasteiger partial charge on any atom is 0.342 e. The van der Waals surface area contributed by atoms with Gasteiger partial charge in [0.2, 0.25) is 0 Å². The van der Waals surface area contributed by atoms with E-state index in [-0.39, 0.29) is 28.6 Å². The van der Waals surface area contributed by atoms with Gasteiger partial charge in [-0.05, 0) is 30.7 Å². The van der Waals surface area contributed by atoms with Gasteiger partial charge in [0.05, 0.1) is 36.9 Å². The summed E-state index contributed by atoms with van der Waals surface area (Å²) < 4.78 is 41.5. The average molecular weight is 400 g/mol. The highest BCUT2D eigenvalue weighted by Gasteiger charge is 2.26. The van der Waals surface area contributed by atoms with Gasteiger partial charge in [-0.25, -0.2) is 13.2 Å². The molecule has 0 radical (unpaired) electrons. The average Bonchev–Trinajstić information content (AvgIpc) is 3.22. The van der Waals surface area contributed by atoms with Gasteiger partial charge in [0, 0.05) is 11.1 Å². The third-order valence-electron chi connectivity index (χ3n) is 4.21. The molecule has 0 aliphatic carbocycles. The lowest BCUT2D eigenvalue weighted by Gasteiger charge is -2.16. The molecule has 0 N–H and O–H groups in total. The van der Waals surface area contributed by atoms with Crippen LogP contribution in [0.3, 0.4) is 0 Å². The number of hydrogen-bond acceptors (Lipinski definition) is 6. The van der Waals surface area contributed by atoms with Crippen molar-refractivity contribution in [2.24, 2.45) is 0 Å². The van der Waals surface area contributed by atoms with Gasteiger partial charge in [0.25, 0.3) is 0 Å². The normalized spacial score (nSPS) is 11.2. The van der Waals surface area contributed by atoms with Crippen LogP contribution in [0.2, 0.25) is 0 Å². The molecule has 3 aromatic rings. The van der Waals surface area contributed by atoms with Crippen molar-refractivity contribution in [3.8, 4) is 16.9 Å². The van der Waals surface area contributed by atoms with E-state index in [2.05, 4.69) is 0 Å². The summed E-state index contributed by atoms with van der Waals surface area (Å²) in [5, 5.41) is 0. The maximum atomic E-state index is 12.8. The zero-order valence-corrected chi connectivity index (χ0v) is 16.4. The Bertz CT molecular complexity index is 1050. The van der Waals surface area contributed by atoms with Crippen molar-refractivity contribution in [3.63, 3.8) is 0 Å². The second-order valence-corrected chi connectivity index (χ2v) is 7.97. The first kappa shape index (κ1) is 19.7. The van der Waals surface area contributed by atoms with Crippen LogP contribution in [0.15, 0.2) is 70.4 Å². The smallest absolute Gasteiger partial charge is 0.342 e. The Morgan fingerprint density at radius 3 is 2.43 bits per heavy atom. The van der Waals surface area contributed by atoms with Crippen molar-refractivity contribution in [2.75, 3.05) is 13.7 Å². The summed E-state index contributed by atoms with van der Waals surface area (Å²) in [5.74, 6) is -0.740. The van der Waals surface area contributed by atoms with Crippen LogP contribution in [0.25, 0.3) is 11.1 Å². The van der Waals surface area contributed by atoms with Crippen molar-refractivity contribution in [2.45, 2.75) is 17.6 Å². The van der Waals surface area contributed by atoms with Crippen molar-refractivity contribution >= 4 is 15.8 Å². The highest BCUT2D eigenvalue weighted by molar-refractivity contribution is 7.90. The van der Waals surface area contributed by atoms with E-state index < -0.39 is 15.8 Å². The molecular weight excluding hydrogens is 380 g/mol. The number of ether oxygens (including phenoxy) is 2. The van der Waals surface area contributed by atoms with E-state index >= 15 is 0 Å². The van der Waals surface area contributed by atoms with Crippen molar-refractivity contribution in [1.29, 1.82) is 0 Å². The topological polar surface area (TPSA) is 82.8 Å². The molecule has 0 saturated heterocycles. The summed E-state index contributed by atoms with van der Waals surface area (Å²) in [5.41, 5.74) is 1.73. The molecule has 3 rings (SSSR count). The van der Waals surface area contributed by atoms with Gasteiger partial charge in [0.15, 0.2) is 9.84 Å². The zero-order valence-electron chi connectivity index (χ0n) is 15.5. The molecule has 1 aromatic heterocycles. The van der Waals surface area contributed by atoms with Crippen molar-refractivity contribution in [1.82, 2.24) is 0 Å². The number of sulfone groups is 1. The monoisotopic (exact) mass is 400 g/mol. The zero-order chi connectivity index (χ0) is 20.1. The van der Waals surface area contributed by atoms with Gasteiger partial charge in [-0.15, -0.1) is 0 Å². The fourth-order valence-electron chi connectivity index (χ4n) is 2.94. The van der Waals surface area contributed by atoms with Crippen LogP contribution in [0.4, 0.5) is 0 Å². The summed E-state index contributed by atoms with van der Waals surface area (Å²) >= 11 is 0. The van der Waals surface area contributed by atoms with Crippen LogP contribution in [0.1, 0.15) is 22.8 Å². The van der Waals surface area contributed by atoms with Gasteiger partial charge in [-0.1, -0.05) is 30.3 Å². The number of benzene rings is 2. The Labute approximate surface area is 163 Å². The number of carbonyl (C=O) groups is 1.